The maximum atomic E-state index is 5.97. The molecule has 16 heavy (non-hydrogen) atoms. The number of fused-ring (bicyclic) bond motifs is 3. The van der Waals surface area contributed by atoms with Crippen molar-refractivity contribution in [2.75, 3.05) is 0 Å². The normalized spacial score (nSPS) is 12.6. The second kappa shape index (κ2) is 3.53. The van der Waals surface area contributed by atoms with Gasteiger partial charge in [0.05, 0.1) is 0 Å². The summed E-state index contributed by atoms with van der Waals surface area (Å²) in [4.78, 5) is 0. The molecule has 80 valence electrons. The van der Waals surface area contributed by atoms with Crippen molar-refractivity contribution in [3.8, 4) is 16.9 Å². The van der Waals surface area contributed by atoms with Gasteiger partial charge in [-0.25, -0.2) is 0 Å². The van der Waals surface area contributed by atoms with Gasteiger partial charge in [0, 0.05) is 10.6 Å². The minimum atomic E-state index is 0.604. The zero-order valence-electron chi connectivity index (χ0n) is 8.96. The van der Waals surface area contributed by atoms with Crippen LogP contribution in [0.4, 0.5) is 0 Å². The van der Waals surface area contributed by atoms with Gasteiger partial charge in [-0.2, -0.15) is 0 Å². The molecule has 0 unspecified atom stereocenters. The van der Waals surface area contributed by atoms with Gasteiger partial charge in [-0.05, 0) is 41.8 Å². The first-order valence-corrected chi connectivity index (χ1v) is 5.64. The Morgan fingerprint density at radius 2 is 1.88 bits per heavy atom. The highest BCUT2D eigenvalue weighted by Crippen LogP contribution is 2.38. The highest BCUT2D eigenvalue weighted by atomic mass is 35.5. The van der Waals surface area contributed by atoms with Crippen LogP contribution in [0.3, 0.4) is 0 Å². The van der Waals surface area contributed by atoms with E-state index >= 15 is 0 Å². The summed E-state index contributed by atoms with van der Waals surface area (Å²) in [7, 11) is 0. The lowest BCUT2D eigenvalue weighted by molar-refractivity contribution is 0.302. The second-order valence-corrected chi connectivity index (χ2v) is 4.53. The average molecular weight is 231 g/mol. The van der Waals surface area contributed by atoms with E-state index in [1.54, 1.807) is 0 Å². The maximum Gasteiger partial charge on any atom is 0.127 e. The van der Waals surface area contributed by atoms with Crippen molar-refractivity contribution in [1.29, 1.82) is 0 Å². The predicted octanol–water partition coefficient (Wildman–Crippen LogP) is 4.21. The van der Waals surface area contributed by atoms with E-state index in [-0.39, 0.29) is 0 Å². The lowest BCUT2D eigenvalue weighted by Gasteiger charge is -2.21. The first-order chi connectivity index (χ1) is 7.74. The number of ether oxygens (including phenoxy) is 1. The van der Waals surface area contributed by atoms with E-state index in [0.29, 0.717) is 6.61 Å². The molecular weight excluding hydrogens is 220 g/mol. The smallest absolute Gasteiger partial charge is 0.127 e. The van der Waals surface area contributed by atoms with Crippen molar-refractivity contribution < 1.29 is 4.74 Å². The standard InChI is InChI=1S/C14H11ClO/c1-9-2-4-13-12-5-3-11(15)7-10(12)8-16-14(13)6-9/h2-7H,8H2,1H3. The first-order valence-electron chi connectivity index (χ1n) is 5.26. The molecule has 0 N–H and O–H groups in total. The molecule has 3 rings (SSSR count). The monoisotopic (exact) mass is 230 g/mol. The molecule has 1 heterocycles. The molecule has 1 nitrogen and oxygen atoms in total. The van der Waals surface area contributed by atoms with Gasteiger partial charge >= 0.3 is 0 Å². The summed E-state index contributed by atoms with van der Waals surface area (Å²) in [6.07, 6.45) is 0. The Labute approximate surface area is 99.6 Å². The first kappa shape index (κ1) is 9.73. The summed E-state index contributed by atoms with van der Waals surface area (Å²) in [6.45, 7) is 2.67. The van der Waals surface area contributed by atoms with E-state index in [1.165, 1.54) is 11.1 Å². The van der Waals surface area contributed by atoms with Gasteiger partial charge in [-0.15, -0.1) is 0 Å². The molecule has 2 aromatic rings. The van der Waals surface area contributed by atoms with Gasteiger partial charge in [0.25, 0.3) is 0 Å². The van der Waals surface area contributed by atoms with Crippen molar-refractivity contribution in [2.45, 2.75) is 13.5 Å². The van der Waals surface area contributed by atoms with Crippen LogP contribution in [0.1, 0.15) is 11.1 Å². The van der Waals surface area contributed by atoms with Gasteiger partial charge in [-0.1, -0.05) is 29.8 Å². The second-order valence-electron chi connectivity index (χ2n) is 4.09. The highest BCUT2D eigenvalue weighted by Gasteiger charge is 2.16. The van der Waals surface area contributed by atoms with Crippen LogP contribution in [0.2, 0.25) is 5.02 Å². The summed E-state index contributed by atoms with van der Waals surface area (Å²) >= 11 is 5.97. The van der Waals surface area contributed by atoms with Crippen molar-refractivity contribution >= 4 is 11.6 Å². The highest BCUT2D eigenvalue weighted by molar-refractivity contribution is 6.30. The van der Waals surface area contributed by atoms with Crippen molar-refractivity contribution in [2.24, 2.45) is 0 Å². The molecule has 0 saturated heterocycles. The number of hydrogen-bond donors (Lipinski definition) is 0. The SMILES string of the molecule is Cc1ccc2c(c1)OCc1cc(Cl)ccc1-2. The molecule has 0 aliphatic carbocycles. The maximum absolute atomic E-state index is 5.97. The molecule has 0 amide bonds. The van der Waals surface area contributed by atoms with Gasteiger partial charge in [0.2, 0.25) is 0 Å². The Hall–Kier alpha value is -1.47. The molecular formula is C14H11ClO. The third-order valence-corrected chi connectivity index (χ3v) is 3.11. The topological polar surface area (TPSA) is 9.23 Å². The summed E-state index contributed by atoms with van der Waals surface area (Å²) in [5.41, 5.74) is 4.76. The van der Waals surface area contributed by atoms with Crippen LogP contribution in [0.5, 0.6) is 5.75 Å². The van der Waals surface area contributed by atoms with Gasteiger partial charge < -0.3 is 4.74 Å². The number of halogens is 1. The molecule has 0 bridgehead atoms. The Bertz CT molecular complexity index is 509. The van der Waals surface area contributed by atoms with Crippen LogP contribution in [0, 0.1) is 6.92 Å². The zero-order chi connectivity index (χ0) is 11.1. The quantitative estimate of drug-likeness (QED) is 0.659. The van der Waals surface area contributed by atoms with Gasteiger partial charge in [0.15, 0.2) is 0 Å². The number of benzene rings is 2. The van der Waals surface area contributed by atoms with E-state index in [1.807, 2.05) is 12.1 Å². The molecule has 0 radical (unpaired) electrons. The number of rotatable bonds is 0. The molecule has 0 fully saturated rings. The van der Waals surface area contributed by atoms with E-state index in [4.69, 9.17) is 16.3 Å². The summed E-state index contributed by atoms with van der Waals surface area (Å²) in [5, 5.41) is 0.762. The Kier molecular flexibility index (Phi) is 2.15. The fraction of sp³-hybridized carbons (Fsp3) is 0.143. The largest absolute Gasteiger partial charge is 0.488 e. The Balaban J connectivity index is 2.23. The molecule has 0 aromatic heterocycles. The average Bonchev–Trinajstić information content (AvgIpc) is 2.28. The summed E-state index contributed by atoms with van der Waals surface area (Å²) < 4.78 is 5.73. The minimum Gasteiger partial charge on any atom is -0.488 e. The summed E-state index contributed by atoms with van der Waals surface area (Å²) in [6, 6.07) is 12.2. The molecule has 2 heteroatoms. The van der Waals surface area contributed by atoms with E-state index in [0.717, 1.165) is 21.9 Å². The number of aryl methyl sites for hydroxylation is 1. The molecule has 2 aromatic carbocycles. The Morgan fingerprint density at radius 3 is 2.75 bits per heavy atom. The van der Waals surface area contributed by atoms with Crippen LogP contribution in [0.15, 0.2) is 36.4 Å². The number of hydrogen-bond acceptors (Lipinski definition) is 1. The van der Waals surface area contributed by atoms with Crippen LogP contribution in [-0.2, 0) is 6.61 Å². The molecule has 1 aliphatic heterocycles. The van der Waals surface area contributed by atoms with Crippen LogP contribution in [0.25, 0.3) is 11.1 Å². The fourth-order valence-electron chi connectivity index (χ4n) is 2.07. The Morgan fingerprint density at radius 1 is 1.06 bits per heavy atom. The van der Waals surface area contributed by atoms with Crippen molar-refractivity contribution in [3.05, 3.63) is 52.5 Å². The van der Waals surface area contributed by atoms with Crippen LogP contribution < -0.4 is 4.74 Å². The van der Waals surface area contributed by atoms with Crippen LogP contribution in [-0.4, -0.2) is 0 Å². The van der Waals surface area contributed by atoms with Crippen LogP contribution >= 0.6 is 11.6 Å². The van der Waals surface area contributed by atoms with E-state index < -0.39 is 0 Å². The lowest BCUT2D eigenvalue weighted by Crippen LogP contribution is -2.05. The fourth-order valence-corrected chi connectivity index (χ4v) is 2.27. The van der Waals surface area contributed by atoms with E-state index in [2.05, 4.69) is 31.2 Å². The lowest BCUT2D eigenvalue weighted by atomic mass is 9.96. The summed E-state index contributed by atoms with van der Waals surface area (Å²) in [5.74, 6) is 0.967. The molecule has 1 aliphatic rings. The molecule has 0 spiro atoms. The molecule has 0 atom stereocenters. The van der Waals surface area contributed by atoms with Gasteiger partial charge in [0.1, 0.15) is 12.4 Å². The van der Waals surface area contributed by atoms with E-state index in [9.17, 15) is 0 Å². The van der Waals surface area contributed by atoms with Crippen molar-refractivity contribution in [3.63, 3.8) is 0 Å². The minimum absolute atomic E-state index is 0.604. The third kappa shape index (κ3) is 1.48. The third-order valence-electron chi connectivity index (χ3n) is 2.88. The molecule has 0 saturated carbocycles. The zero-order valence-corrected chi connectivity index (χ0v) is 9.71. The predicted molar refractivity (Wildman–Crippen MR) is 66.0 cm³/mol. The van der Waals surface area contributed by atoms with Gasteiger partial charge in [-0.3, -0.25) is 0 Å². The van der Waals surface area contributed by atoms with Crippen molar-refractivity contribution in [1.82, 2.24) is 0 Å².